The van der Waals surface area contributed by atoms with Gasteiger partial charge in [0.1, 0.15) is 17.7 Å². The Kier molecular flexibility index (Phi) is 7.82. The Labute approximate surface area is 227 Å². The number of rotatable bonds is 7. The van der Waals surface area contributed by atoms with Crippen molar-refractivity contribution in [3.8, 4) is 5.75 Å². The van der Waals surface area contributed by atoms with E-state index in [9.17, 15) is 0 Å². The molecule has 0 radical (unpaired) electrons. The minimum Gasteiger partial charge on any atom is -0.497 e. The van der Waals surface area contributed by atoms with Crippen LogP contribution in [0.25, 0.3) is 5.70 Å². The first-order valence-corrected chi connectivity index (χ1v) is 14.1. The van der Waals surface area contributed by atoms with E-state index in [2.05, 4.69) is 91.6 Å². The number of nitrogens with one attached hydrogen (secondary N) is 1. The van der Waals surface area contributed by atoms with E-state index in [1.807, 2.05) is 18.3 Å². The zero-order valence-corrected chi connectivity index (χ0v) is 23.4. The molecule has 0 saturated heterocycles. The molecule has 1 saturated carbocycles. The molecule has 5 heteroatoms. The average Bonchev–Trinajstić information content (AvgIpc) is 3.67. The molecule has 5 nitrogen and oxygen atoms in total. The van der Waals surface area contributed by atoms with Crippen molar-refractivity contribution in [3.05, 3.63) is 107 Å². The number of aryl methyl sites for hydroxylation is 2. The Morgan fingerprint density at radius 2 is 1.82 bits per heavy atom. The van der Waals surface area contributed by atoms with Gasteiger partial charge in [-0.25, -0.2) is 9.97 Å². The first-order valence-electron chi connectivity index (χ1n) is 14.1. The third-order valence-electron chi connectivity index (χ3n) is 7.65. The Morgan fingerprint density at radius 3 is 2.55 bits per heavy atom. The molecule has 2 aliphatic carbocycles. The van der Waals surface area contributed by atoms with E-state index in [0.29, 0.717) is 11.8 Å². The lowest BCUT2D eigenvalue weighted by Crippen LogP contribution is -2.34. The maximum Gasteiger partial charge on any atom is 0.129 e. The van der Waals surface area contributed by atoms with Crippen LogP contribution in [0.4, 0.5) is 0 Å². The summed E-state index contributed by atoms with van der Waals surface area (Å²) < 4.78 is 5.28. The highest BCUT2D eigenvalue weighted by Gasteiger charge is 2.46. The van der Waals surface area contributed by atoms with Crippen LogP contribution in [0.15, 0.2) is 89.4 Å². The van der Waals surface area contributed by atoms with Gasteiger partial charge in [0.25, 0.3) is 0 Å². The van der Waals surface area contributed by atoms with Crippen LogP contribution in [0.3, 0.4) is 0 Å². The fourth-order valence-corrected chi connectivity index (χ4v) is 5.47. The third-order valence-corrected chi connectivity index (χ3v) is 7.65. The van der Waals surface area contributed by atoms with Gasteiger partial charge in [-0.2, -0.15) is 0 Å². The smallest absolute Gasteiger partial charge is 0.129 e. The van der Waals surface area contributed by atoms with Crippen molar-refractivity contribution in [2.75, 3.05) is 7.11 Å². The van der Waals surface area contributed by atoms with Gasteiger partial charge in [-0.05, 0) is 85.1 Å². The molecule has 0 amide bonds. The molecule has 1 aromatic carbocycles. The monoisotopic (exact) mass is 508 g/mol. The Morgan fingerprint density at radius 1 is 1.03 bits per heavy atom. The first-order chi connectivity index (χ1) is 18.6. The van der Waals surface area contributed by atoms with Crippen LogP contribution in [0.1, 0.15) is 64.0 Å². The van der Waals surface area contributed by atoms with E-state index < -0.39 is 0 Å². The highest BCUT2D eigenvalue weighted by molar-refractivity contribution is 5.74. The molecule has 3 atom stereocenters. The highest BCUT2D eigenvalue weighted by atomic mass is 16.5. The average molecular weight is 509 g/mol. The first kappa shape index (κ1) is 26.0. The van der Waals surface area contributed by atoms with Crippen LogP contribution in [0.5, 0.6) is 5.75 Å². The van der Waals surface area contributed by atoms with Gasteiger partial charge >= 0.3 is 0 Å². The molecule has 198 valence electrons. The van der Waals surface area contributed by atoms with Gasteiger partial charge in [0.2, 0.25) is 0 Å². The van der Waals surface area contributed by atoms with Gasteiger partial charge in [0, 0.05) is 18.8 Å². The van der Waals surface area contributed by atoms with Crippen molar-refractivity contribution in [1.29, 1.82) is 0 Å². The van der Waals surface area contributed by atoms with Crippen LogP contribution in [0.2, 0.25) is 0 Å². The van der Waals surface area contributed by atoms with E-state index in [0.717, 1.165) is 42.2 Å². The van der Waals surface area contributed by atoms with Crippen LogP contribution in [0, 0.1) is 11.8 Å². The van der Waals surface area contributed by atoms with Crippen LogP contribution < -0.4 is 10.1 Å². The number of benzene rings is 1. The fraction of sp³-hybridized carbons (Fsp3) is 0.394. The summed E-state index contributed by atoms with van der Waals surface area (Å²) in [5, 5.41) is 3.84. The van der Waals surface area contributed by atoms with Crippen molar-refractivity contribution in [3.63, 3.8) is 0 Å². The number of fused-ring (bicyclic) bond motifs is 2. The summed E-state index contributed by atoms with van der Waals surface area (Å²) in [6, 6.07) is 10.3. The molecule has 2 aromatic rings. The number of nitrogens with zero attached hydrogens (tertiary/aromatic N) is 3. The second kappa shape index (κ2) is 11.4. The zero-order chi connectivity index (χ0) is 26.6. The van der Waals surface area contributed by atoms with E-state index in [1.165, 1.54) is 40.8 Å². The van der Waals surface area contributed by atoms with Crippen molar-refractivity contribution < 1.29 is 4.74 Å². The van der Waals surface area contributed by atoms with Crippen molar-refractivity contribution in [1.82, 2.24) is 20.2 Å². The summed E-state index contributed by atoms with van der Waals surface area (Å²) >= 11 is 0. The lowest BCUT2D eigenvalue weighted by molar-refractivity contribution is 0.414. The topological polar surface area (TPSA) is 50.3 Å². The van der Waals surface area contributed by atoms with Crippen molar-refractivity contribution in [2.24, 2.45) is 11.8 Å². The Hall–Kier alpha value is -3.60. The van der Waals surface area contributed by atoms with Gasteiger partial charge in [-0.15, -0.1) is 0 Å². The van der Waals surface area contributed by atoms with Crippen LogP contribution in [-0.4, -0.2) is 28.1 Å². The second-order valence-corrected chi connectivity index (χ2v) is 10.5. The molecule has 1 aromatic heterocycles. The molecule has 3 heterocycles. The number of methoxy groups -OCH3 is 1. The summed E-state index contributed by atoms with van der Waals surface area (Å²) in [6.45, 7) is 8.72. The molecule has 0 bridgehead atoms. The summed E-state index contributed by atoms with van der Waals surface area (Å²) in [5.41, 5.74) is 8.92. The van der Waals surface area contributed by atoms with Crippen molar-refractivity contribution >= 4 is 5.70 Å². The molecule has 38 heavy (non-hydrogen) atoms. The predicted molar refractivity (Wildman–Crippen MR) is 155 cm³/mol. The number of allylic oxidation sites excluding steroid dienone is 6. The SMILES string of the molecule is CCC.CCC1=CC2NC(C3=CC=C(C)C4CC34)=C(c3ccnc(CCc4ccc(OC)cc4)n3)N2C=C1. The van der Waals surface area contributed by atoms with E-state index in [-0.39, 0.29) is 6.17 Å². The standard InChI is InChI=1S/C30H32N4O.C3H8/c1-4-20-14-16-34-28(17-20)33-29(23-11-5-19(2)24-18-25(23)24)30(34)26-13-15-31-27(32-26)12-8-21-6-9-22(35-3)10-7-21;1-3-2/h5-7,9-11,13-17,24-25,28,33H,4,8,12,18H2,1-3H3;3H2,1-2H3. The number of aromatic nitrogens is 2. The maximum absolute atomic E-state index is 5.28. The third kappa shape index (κ3) is 5.33. The minimum atomic E-state index is 0.128. The van der Waals surface area contributed by atoms with Gasteiger partial charge in [0.15, 0.2) is 0 Å². The van der Waals surface area contributed by atoms with E-state index in [4.69, 9.17) is 9.72 Å². The van der Waals surface area contributed by atoms with Gasteiger partial charge in [-0.1, -0.05) is 57.0 Å². The van der Waals surface area contributed by atoms with Crippen molar-refractivity contribution in [2.45, 2.75) is 66.0 Å². The summed E-state index contributed by atoms with van der Waals surface area (Å²) in [5.74, 6) is 3.07. The van der Waals surface area contributed by atoms with E-state index >= 15 is 0 Å². The molecule has 1 fully saturated rings. The molecule has 3 unspecified atom stereocenters. The van der Waals surface area contributed by atoms with Crippen LogP contribution >= 0.6 is 0 Å². The minimum absolute atomic E-state index is 0.128. The molecular weight excluding hydrogens is 468 g/mol. The van der Waals surface area contributed by atoms with E-state index in [1.54, 1.807) is 7.11 Å². The summed E-state index contributed by atoms with van der Waals surface area (Å²) in [4.78, 5) is 12.0. The molecule has 0 spiro atoms. The zero-order valence-electron chi connectivity index (χ0n) is 23.4. The fourth-order valence-electron chi connectivity index (χ4n) is 5.47. The normalized spacial score (nSPS) is 22.8. The van der Waals surface area contributed by atoms with Gasteiger partial charge < -0.3 is 15.0 Å². The highest BCUT2D eigenvalue weighted by Crippen LogP contribution is 2.54. The Balaban J connectivity index is 0.000000937. The lowest BCUT2D eigenvalue weighted by atomic mass is 9.96. The second-order valence-electron chi connectivity index (χ2n) is 10.5. The summed E-state index contributed by atoms with van der Waals surface area (Å²) in [7, 11) is 1.69. The van der Waals surface area contributed by atoms with Gasteiger partial charge in [-0.3, -0.25) is 0 Å². The quantitative estimate of drug-likeness (QED) is 0.438. The predicted octanol–water partition coefficient (Wildman–Crippen LogP) is 6.97. The molecular formula is C33H40N4O. The van der Waals surface area contributed by atoms with Gasteiger partial charge in [0.05, 0.1) is 24.2 Å². The number of hydrogen-bond acceptors (Lipinski definition) is 5. The molecule has 4 aliphatic rings. The Bertz CT molecular complexity index is 1310. The summed E-state index contributed by atoms with van der Waals surface area (Å²) in [6.07, 6.45) is 18.7. The largest absolute Gasteiger partial charge is 0.497 e. The molecule has 6 rings (SSSR count). The molecule has 2 aliphatic heterocycles. The maximum atomic E-state index is 5.28. The van der Waals surface area contributed by atoms with Crippen LogP contribution in [-0.2, 0) is 12.8 Å². The number of hydrogen-bond donors (Lipinski definition) is 1. The lowest BCUT2D eigenvalue weighted by Gasteiger charge is -2.26. The molecule has 1 N–H and O–H groups in total. The number of ether oxygens (including phenoxy) is 1.